The second-order valence-electron chi connectivity index (χ2n) is 5.57. The molecule has 0 saturated heterocycles. The van der Waals surface area contributed by atoms with Crippen molar-refractivity contribution < 1.29 is 0 Å². The number of aryl methyl sites for hydroxylation is 3. The number of aromatic amines is 1. The van der Waals surface area contributed by atoms with E-state index in [1.54, 1.807) is 6.07 Å². The summed E-state index contributed by atoms with van der Waals surface area (Å²) in [7, 11) is 0. The lowest BCUT2D eigenvalue weighted by molar-refractivity contribution is 0.973. The van der Waals surface area contributed by atoms with Gasteiger partial charge >= 0.3 is 0 Å². The van der Waals surface area contributed by atoms with Crippen molar-refractivity contribution in [3.63, 3.8) is 0 Å². The van der Waals surface area contributed by atoms with Crippen molar-refractivity contribution in [2.75, 3.05) is 0 Å². The van der Waals surface area contributed by atoms with Crippen LogP contribution < -0.4 is 5.56 Å². The van der Waals surface area contributed by atoms with Crippen LogP contribution >= 0.6 is 0 Å². The van der Waals surface area contributed by atoms with Gasteiger partial charge in [-0.3, -0.25) is 4.79 Å². The van der Waals surface area contributed by atoms with E-state index in [2.05, 4.69) is 42.9 Å². The normalized spacial score (nSPS) is 14.7. The fourth-order valence-electron chi connectivity index (χ4n) is 2.74. The summed E-state index contributed by atoms with van der Waals surface area (Å²) < 4.78 is 0. The zero-order chi connectivity index (χ0) is 13.6. The number of hydrogen-bond donors (Lipinski definition) is 1. The number of rotatable bonds is 2. The van der Waals surface area contributed by atoms with Gasteiger partial charge in [-0.25, -0.2) is 4.98 Å². The smallest absolute Gasteiger partial charge is 0.251 e. The molecule has 2 aromatic rings. The van der Waals surface area contributed by atoms with Gasteiger partial charge in [0.2, 0.25) is 0 Å². The Morgan fingerprint density at radius 1 is 1.11 bits per heavy atom. The Bertz CT molecular complexity index is 673. The van der Waals surface area contributed by atoms with Crippen molar-refractivity contribution in [1.82, 2.24) is 9.97 Å². The number of hydrogen-bond acceptors (Lipinski definition) is 2. The van der Waals surface area contributed by atoms with Crippen LogP contribution in [-0.2, 0) is 0 Å². The molecule has 3 rings (SSSR count). The molecule has 3 nitrogen and oxygen atoms in total. The van der Waals surface area contributed by atoms with Crippen LogP contribution in [0, 0.1) is 20.8 Å². The lowest BCUT2D eigenvalue weighted by Crippen LogP contribution is -2.11. The molecule has 1 heterocycles. The van der Waals surface area contributed by atoms with Crippen LogP contribution in [0.25, 0.3) is 11.4 Å². The first-order valence-corrected chi connectivity index (χ1v) is 6.74. The molecule has 1 aromatic carbocycles. The largest absolute Gasteiger partial charge is 0.306 e. The number of nitrogens with one attached hydrogen (secondary N) is 1. The maximum absolute atomic E-state index is 11.8. The molecular weight excluding hydrogens is 236 g/mol. The molecule has 3 heteroatoms. The van der Waals surface area contributed by atoms with Gasteiger partial charge in [0.15, 0.2) is 0 Å². The first-order chi connectivity index (χ1) is 9.04. The lowest BCUT2D eigenvalue weighted by atomic mass is 9.99. The van der Waals surface area contributed by atoms with Gasteiger partial charge in [0, 0.05) is 17.5 Å². The predicted molar refractivity (Wildman–Crippen MR) is 76.5 cm³/mol. The first-order valence-electron chi connectivity index (χ1n) is 6.74. The molecule has 98 valence electrons. The van der Waals surface area contributed by atoms with Gasteiger partial charge in [-0.2, -0.15) is 0 Å². The molecule has 1 aliphatic rings. The summed E-state index contributed by atoms with van der Waals surface area (Å²) in [6, 6.07) is 5.90. The van der Waals surface area contributed by atoms with E-state index in [1.165, 1.54) is 5.56 Å². The summed E-state index contributed by atoms with van der Waals surface area (Å²) in [6.07, 6.45) is 2.31. The van der Waals surface area contributed by atoms with Crippen LogP contribution in [0.5, 0.6) is 0 Å². The van der Waals surface area contributed by atoms with Crippen molar-refractivity contribution in [1.29, 1.82) is 0 Å². The Morgan fingerprint density at radius 3 is 2.32 bits per heavy atom. The van der Waals surface area contributed by atoms with E-state index in [9.17, 15) is 4.79 Å². The summed E-state index contributed by atoms with van der Waals surface area (Å²) in [5.74, 6) is 1.21. The van der Waals surface area contributed by atoms with E-state index in [1.807, 2.05) is 0 Å². The van der Waals surface area contributed by atoms with E-state index in [-0.39, 0.29) is 5.56 Å². The summed E-state index contributed by atoms with van der Waals surface area (Å²) in [5, 5.41) is 0. The van der Waals surface area contributed by atoms with Crippen molar-refractivity contribution in [2.45, 2.75) is 39.5 Å². The minimum atomic E-state index is -0.0497. The minimum Gasteiger partial charge on any atom is -0.306 e. The highest BCUT2D eigenvalue weighted by Gasteiger charge is 2.26. The van der Waals surface area contributed by atoms with Crippen LogP contribution in [0.4, 0.5) is 0 Å². The lowest BCUT2D eigenvalue weighted by Gasteiger charge is -2.11. The number of H-pyrrole nitrogens is 1. The van der Waals surface area contributed by atoms with E-state index >= 15 is 0 Å². The molecule has 1 saturated carbocycles. The molecule has 1 aliphatic carbocycles. The number of benzene rings is 1. The highest BCUT2D eigenvalue weighted by molar-refractivity contribution is 5.65. The summed E-state index contributed by atoms with van der Waals surface area (Å²) >= 11 is 0. The Balaban J connectivity index is 2.19. The number of nitrogens with zero attached hydrogens (tertiary/aromatic N) is 1. The molecular formula is C16H18N2O. The van der Waals surface area contributed by atoms with Gasteiger partial charge in [-0.1, -0.05) is 17.7 Å². The summed E-state index contributed by atoms with van der Waals surface area (Å²) in [4.78, 5) is 19.4. The molecule has 0 unspecified atom stereocenters. The molecule has 1 fully saturated rings. The molecule has 0 aliphatic heterocycles. The molecule has 1 N–H and O–H groups in total. The van der Waals surface area contributed by atoms with Crippen molar-refractivity contribution in [3.05, 3.63) is 50.9 Å². The van der Waals surface area contributed by atoms with Gasteiger partial charge in [0.1, 0.15) is 5.82 Å². The van der Waals surface area contributed by atoms with Crippen LogP contribution in [0.2, 0.25) is 0 Å². The maximum atomic E-state index is 11.8. The summed E-state index contributed by atoms with van der Waals surface area (Å²) in [6.45, 7) is 6.22. The van der Waals surface area contributed by atoms with Crippen LogP contribution in [0.1, 0.15) is 41.1 Å². The highest BCUT2D eigenvalue weighted by atomic mass is 16.1. The van der Waals surface area contributed by atoms with Gasteiger partial charge in [0.05, 0.1) is 5.69 Å². The van der Waals surface area contributed by atoms with E-state index in [0.717, 1.165) is 35.2 Å². The molecule has 0 radical (unpaired) electrons. The van der Waals surface area contributed by atoms with Crippen molar-refractivity contribution in [3.8, 4) is 11.4 Å². The topological polar surface area (TPSA) is 45.8 Å². The predicted octanol–water partition coefficient (Wildman–Crippen LogP) is 3.24. The van der Waals surface area contributed by atoms with Crippen LogP contribution in [-0.4, -0.2) is 9.97 Å². The van der Waals surface area contributed by atoms with E-state index in [0.29, 0.717) is 11.7 Å². The molecule has 0 spiro atoms. The Hall–Kier alpha value is -1.90. The van der Waals surface area contributed by atoms with E-state index in [4.69, 9.17) is 0 Å². The standard InChI is InChI=1S/C16H18N2O/c1-9-6-10(2)15(11(3)7-9)16-17-13(12-4-5-12)8-14(19)18-16/h6-8,12H,4-5H2,1-3H3,(H,17,18,19). The Labute approximate surface area is 112 Å². The molecule has 19 heavy (non-hydrogen) atoms. The average molecular weight is 254 g/mol. The second kappa shape index (κ2) is 4.34. The number of aromatic nitrogens is 2. The zero-order valence-corrected chi connectivity index (χ0v) is 11.6. The van der Waals surface area contributed by atoms with Gasteiger partial charge < -0.3 is 4.98 Å². The molecule has 0 atom stereocenters. The maximum Gasteiger partial charge on any atom is 0.251 e. The second-order valence-corrected chi connectivity index (χ2v) is 5.57. The molecule has 0 amide bonds. The minimum absolute atomic E-state index is 0.0497. The quantitative estimate of drug-likeness (QED) is 0.894. The molecule has 0 bridgehead atoms. The molecule has 1 aromatic heterocycles. The third kappa shape index (κ3) is 2.33. The fraction of sp³-hybridized carbons (Fsp3) is 0.375. The summed E-state index contributed by atoms with van der Waals surface area (Å²) in [5.41, 5.74) is 5.51. The highest BCUT2D eigenvalue weighted by Crippen LogP contribution is 2.39. The van der Waals surface area contributed by atoms with Crippen LogP contribution in [0.3, 0.4) is 0 Å². The fourth-order valence-corrected chi connectivity index (χ4v) is 2.74. The monoisotopic (exact) mass is 254 g/mol. The van der Waals surface area contributed by atoms with Crippen LogP contribution in [0.15, 0.2) is 23.0 Å². The van der Waals surface area contributed by atoms with Gasteiger partial charge in [-0.15, -0.1) is 0 Å². The van der Waals surface area contributed by atoms with Gasteiger partial charge in [0.25, 0.3) is 5.56 Å². The SMILES string of the molecule is Cc1cc(C)c(-c2nc(C3CC3)cc(=O)[nH]2)c(C)c1. The average Bonchev–Trinajstić information content (AvgIpc) is 3.10. The Kier molecular flexibility index (Phi) is 2.77. The zero-order valence-electron chi connectivity index (χ0n) is 11.6. The first kappa shape index (κ1) is 12.2. The third-order valence-electron chi connectivity index (χ3n) is 3.67. The van der Waals surface area contributed by atoms with Crippen molar-refractivity contribution >= 4 is 0 Å². The van der Waals surface area contributed by atoms with E-state index < -0.39 is 0 Å². The Morgan fingerprint density at radius 2 is 1.74 bits per heavy atom. The van der Waals surface area contributed by atoms with Crippen molar-refractivity contribution in [2.24, 2.45) is 0 Å². The van der Waals surface area contributed by atoms with Gasteiger partial charge in [-0.05, 0) is 44.7 Å². The third-order valence-corrected chi connectivity index (χ3v) is 3.67.